The highest BCUT2D eigenvalue weighted by Crippen LogP contribution is 2.28. The quantitative estimate of drug-likeness (QED) is 0.0412. The van der Waals surface area contributed by atoms with Crippen molar-refractivity contribution in [2.24, 2.45) is 22.4 Å². The summed E-state index contributed by atoms with van der Waals surface area (Å²) in [5.74, 6) is -5.24. The van der Waals surface area contributed by atoms with E-state index < -0.39 is 90.1 Å². The van der Waals surface area contributed by atoms with Crippen LogP contribution in [0.3, 0.4) is 0 Å². The Morgan fingerprint density at radius 3 is 2.28 bits per heavy atom. The highest BCUT2D eigenvalue weighted by molar-refractivity contribution is 5.98. The van der Waals surface area contributed by atoms with Gasteiger partial charge < -0.3 is 58.0 Å². The third kappa shape index (κ3) is 14.3. The van der Waals surface area contributed by atoms with Gasteiger partial charge in [-0.15, -0.1) is 0 Å². The number of esters is 1. The number of guanidine groups is 1. The Morgan fingerprint density at radius 2 is 1.53 bits per heavy atom. The lowest BCUT2D eigenvalue weighted by Crippen LogP contribution is -2.62. The van der Waals surface area contributed by atoms with Crippen LogP contribution in [0.15, 0.2) is 65.8 Å². The number of carbonyl (C=O) groups is 8. The van der Waals surface area contributed by atoms with Gasteiger partial charge in [-0.25, -0.2) is 0 Å². The third-order valence-electron chi connectivity index (χ3n) is 12.9. The summed E-state index contributed by atoms with van der Waals surface area (Å²) in [6.45, 7) is -0.199. The van der Waals surface area contributed by atoms with Crippen LogP contribution in [0.1, 0.15) is 88.2 Å². The fraction of sp³-hybridized carbons (Fsp3) is 0.521. The molecular weight excluding hydrogens is 875 g/mol. The second-order valence-corrected chi connectivity index (χ2v) is 17.8. The highest BCUT2D eigenvalue weighted by atomic mass is 16.5. The van der Waals surface area contributed by atoms with Crippen LogP contribution in [0.2, 0.25) is 0 Å². The molecule has 0 bridgehead atoms. The van der Waals surface area contributed by atoms with Crippen LogP contribution < -0.4 is 43.4 Å². The number of nitrogens with two attached hydrogens (primary N) is 2. The molecule has 2 aromatic carbocycles. The summed E-state index contributed by atoms with van der Waals surface area (Å²) in [7, 11) is 1.20. The molecule has 366 valence electrons. The number of aliphatic imine (C=N–C) groups is 1. The van der Waals surface area contributed by atoms with E-state index in [4.69, 9.17) is 11.5 Å². The summed E-state index contributed by atoms with van der Waals surface area (Å²) < 4.78 is 4.67. The Bertz CT molecular complexity index is 2290. The molecule has 2 unspecified atom stereocenters. The maximum absolute atomic E-state index is 14.7. The van der Waals surface area contributed by atoms with Gasteiger partial charge in [-0.05, 0) is 55.2 Å². The molecule has 6 rings (SSSR count). The monoisotopic (exact) mass is 939 g/mol. The van der Waals surface area contributed by atoms with Crippen LogP contribution in [-0.4, -0.2) is 126 Å². The number of fused-ring (bicyclic) bond motifs is 2. The van der Waals surface area contributed by atoms with Crippen molar-refractivity contribution in [1.29, 1.82) is 0 Å². The number of benzene rings is 2. The number of methoxy groups -OCH3 is 1. The summed E-state index contributed by atoms with van der Waals surface area (Å²) in [6.07, 6.45) is 7.35. The lowest BCUT2D eigenvalue weighted by molar-refractivity contribution is -0.143. The van der Waals surface area contributed by atoms with Crippen molar-refractivity contribution in [1.82, 2.24) is 41.8 Å². The first-order chi connectivity index (χ1) is 32.8. The zero-order valence-electron chi connectivity index (χ0n) is 38.6. The van der Waals surface area contributed by atoms with Crippen molar-refractivity contribution < 1.29 is 43.1 Å². The van der Waals surface area contributed by atoms with E-state index in [9.17, 15) is 38.4 Å². The zero-order chi connectivity index (χ0) is 48.6. The Balaban J connectivity index is 1.34. The number of hydrogen-bond donors (Lipinski definition) is 9. The number of amides is 7. The van der Waals surface area contributed by atoms with E-state index in [1.54, 1.807) is 36.5 Å². The minimum atomic E-state index is -1.47. The first kappa shape index (κ1) is 50.4. The first-order valence-electron chi connectivity index (χ1n) is 23.6. The normalized spacial score (nSPS) is 22.5. The largest absolute Gasteiger partial charge is 0.469 e. The minimum absolute atomic E-state index is 0.00666. The van der Waals surface area contributed by atoms with Gasteiger partial charge in [0.2, 0.25) is 41.4 Å². The van der Waals surface area contributed by atoms with E-state index >= 15 is 0 Å². The molecule has 2 aliphatic heterocycles. The van der Waals surface area contributed by atoms with E-state index in [1.807, 2.05) is 24.3 Å². The topological polar surface area (TPSA) is 301 Å². The Labute approximate surface area is 395 Å². The summed E-state index contributed by atoms with van der Waals surface area (Å²) in [4.78, 5) is 120. The predicted molar refractivity (Wildman–Crippen MR) is 252 cm³/mol. The fourth-order valence-corrected chi connectivity index (χ4v) is 9.25. The van der Waals surface area contributed by atoms with Gasteiger partial charge in [0.15, 0.2) is 5.96 Å². The van der Waals surface area contributed by atoms with Crippen molar-refractivity contribution in [3.05, 3.63) is 71.9 Å². The van der Waals surface area contributed by atoms with Crippen LogP contribution in [0, 0.1) is 5.92 Å². The molecule has 3 aromatic rings. The molecule has 1 saturated carbocycles. The van der Waals surface area contributed by atoms with Gasteiger partial charge in [0.05, 0.1) is 13.5 Å². The molecule has 3 aliphatic rings. The number of aromatic nitrogens is 1. The number of carbonyl (C=O) groups excluding carboxylic acids is 8. The standard InChI is InChI=1S/C48H65N11O9/c1-68-41(61)21-20-40(60)54-35(24-29-12-4-2-5-13-29)43(63)58-38-28-53-42(62)34(18-10-22-51-48(49)50)55-45(65)37(26-31-27-52-33-17-9-8-16-32(31)33)56-44(64)36(25-30-14-6-3-7-15-30)57-46(66)39-19-11-23-59(39)47(38)67/h2,4-5,8-9,12-13,16-17,27,30,34-39,52H,3,6-7,10-11,14-15,18-26,28H2,1H3,(H,53,62)(H,54,60)(H,55,65)(H,56,64)(H,57,66)(H,58,63)(H4,49,50,51)/t34-,35-,36+,37-,38?,39?/m0/s1. The Hall–Kier alpha value is -6.99. The minimum Gasteiger partial charge on any atom is -0.469 e. The van der Waals surface area contributed by atoms with Crippen LogP contribution in [0.5, 0.6) is 0 Å². The van der Waals surface area contributed by atoms with Gasteiger partial charge in [-0.2, -0.15) is 0 Å². The van der Waals surface area contributed by atoms with Gasteiger partial charge in [0.25, 0.3) is 0 Å². The molecule has 0 spiro atoms. The number of para-hydroxylation sites is 1. The third-order valence-corrected chi connectivity index (χ3v) is 12.9. The maximum Gasteiger partial charge on any atom is 0.306 e. The molecule has 1 aliphatic carbocycles. The zero-order valence-corrected chi connectivity index (χ0v) is 38.6. The number of nitrogens with one attached hydrogen (secondary N) is 7. The number of H-pyrrole nitrogens is 1. The van der Waals surface area contributed by atoms with Crippen molar-refractivity contribution in [2.75, 3.05) is 26.7 Å². The molecule has 6 atom stereocenters. The molecule has 7 amide bonds. The van der Waals surface area contributed by atoms with Gasteiger partial charge in [0.1, 0.15) is 36.3 Å². The lowest BCUT2D eigenvalue weighted by atomic mass is 9.84. The Morgan fingerprint density at radius 1 is 0.824 bits per heavy atom. The molecule has 68 heavy (non-hydrogen) atoms. The van der Waals surface area contributed by atoms with Gasteiger partial charge in [0, 0.05) is 56.0 Å². The second kappa shape index (κ2) is 24.7. The molecule has 20 nitrogen and oxygen atoms in total. The summed E-state index contributed by atoms with van der Waals surface area (Å²) in [5, 5.41) is 17.7. The van der Waals surface area contributed by atoms with E-state index in [2.05, 4.69) is 46.6 Å². The van der Waals surface area contributed by atoms with Crippen molar-refractivity contribution in [2.45, 2.75) is 126 Å². The smallest absolute Gasteiger partial charge is 0.306 e. The fourth-order valence-electron chi connectivity index (χ4n) is 9.25. The summed E-state index contributed by atoms with van der Waals surface area (Å²) >= 11 is 0. The van der Waals surface area contributed by atoms with Crippen molar-refractivity contribution in [3.63, 3.8) is 0 Å². The molecule has 11 N–H and O–H groups in total. The first-order valence-corrected chi connectivity index (χ1v) is 23.6. The van der Waals surface area contributed by atoms with E-state index in [-0.39, 0.29) is 69.9 Å². The van der Waals surface area contributed by atoms with Gasteiger partial charge >= 0.3 is 5.97 Å². The summed E-state index contributed by atoms with van der Waals surface area (Å²) in [6, 6.07) is 9.16. The van der Waals surface area contributed by atoms with Crippen LogP contribution >= 0.6 is 0 Å². The van der Waals surface area contributed by atoms with E-state index in [1.165, 1.54) is 12.0 Å². The molecule has 0 radical (unpaired) electrons. The van der Waals surface area contributed by atoms with Crippen molar-refractivity contribution >= 4 is 64.2 Å². The number of nitrogens with zero attached hydrogens (tertiary/aromatic N) is 2. The predicted octanol–water partition coefficient (Wildman–Crippen LogP) is 0.475. The Kier molecular flexibility index (Phi) is 18.3. The maximum atomic E-state index is 14.7. The highest BCUT2D eigenvalue weighted by Gasteiger charge is 2.41. The van der Waals surface area contributed by atoms with E-state index in [0.29, 0.717) is 18.4 Å². The lowest BCUT2D eigenvalue weighted by Gasteiger charge is -2.33. The average Bonchev–Trinajstić information content (AvgIpc) is 4.00. The molecule has 3 heterocycles. The van der Waals surface area contributed by atoms with Crippen molar-refractivity contribution in [3.8, 4) is 0 Å². The molecule has 3 fully saturated rings. The summed E-state index contributed by atoms with van der Waals surface area (Å²) in [5.41, 5.74) is 13.4. The number of ether oxygens (including phenoxy) is 1. The molecule has 1 aromatic heterocycles. The van der Waals surface area contributed by atoms with Crippen LogP contribution in [-0.2, 0) is 55.9 Å². The van der Waals surface area contributed by atoms with Gasteiger partial charge in [-0.3, -0.25) is 43.3 Å². The van der Waals surface area contributed by atoms with E-state index in [0.717, 1.165) is 48.6 Å². The molecule has 2 saturated heterocycles. The van der Waals surface area contributed by atoms with Crippen LogP contribution in [0.25, 0.3) is 10.9 Å². The number of rotatable bonds is 16. The SMILES string of the molecule is COC(=O)CCC(=O)N[C@@H](Cc1ccccc1)C(=O)NC1CNC(=O)[C@H](CCCN=C(N)N)NC(=O)[C@H](Cc2c[nH]c3ccccc23)NC(=O)[C@@H](CC2CCCCC2)NC(=O)C2CCCN2C1=O. The van der Waals surface area contributed by atoms with Crippen LogP contribution in [0.4, 0.5) is 0 Å². The average molecular weight is 940 g/mol. The number of aromatic amines is 1. The number of hydrogen-bond acceptors (Lipinski definition) is 10. The molecular formula is C48H65N11O9. The molecule has 20 heteroatoms. The van der Waals surface area contributed by atoms with Gasteiger partial charge in [-0.1, -0.05) is 80.6 Å². The second-order valence-electron chi connectivity index (χ2n) is 17.8.